The molecule has 1 unspecified atom stereocenters. The van der Waals surface area contributed by atoms with E-state index in [2.05, 4.69) is 13.8 Å². The SMILES string of the molecule is CCCCCCC(CCCC)COC(=O)CCCCCCCCC(=O)N(C)OC. The Bertz CT molecular complexity index is 400. The predicted molar refractivity (Wildman–Crippen MR) is 119 cm³/mol. The lowest BCUT2D eigenvalue weighted by atomic mass is 9.96. The molecule has 0 saturated carbocycles. The van der Waals surface area contributed by atoms with Gasteiger partial charge in [0.15, 0.2) is 0 Å². The largest absolute Gasteiger partial charge is 0.465 e. The van der Waals surface area contributed by atoms with Gasteiger partial charge in [0.1, 0.15) is 0 Å². The molecule has 29 heavy (non-hydrogen) atoms. The number of carbonyl (C=O) groups is 2. The molecule has 0 saturated heterocycles. The maximum Gasteiger partial charge on any atom is 0.305 e. The van der Waals surface area contributed by atoms with E-state index >= 15 is 0 Å². The van der Waals surface area contributed by atoms with Crippen LogP contribution in [0.2, 0.25) is 0 Å². The quantitative estimate of drug-likeness (QED) is 0.131. The van der Waals surface area contributed by atoms with Crippen LogP contribution in [0.25, 0.3) is 0 Å². The van der Waals surface area contributed by atoms with Crippen LogP contribution in [0.1, 0.15) is 117 Å². The first kappa shape index (κ1) is 27.9. The minimum atomic E-state index is -0.0340. The van der Waals surface area contributed by atoms with Crippen LogP contribution >= 0.6 is 0 Å². The molecule has 0 aromatic heterocycles. The summed E-state index contributed by atoms with van der Waals surface area (Å²) in [6.45, 7) is 5.06. The third-order valence-electron chi connectivity index (χ3n) is 5.56. The summed E-state index contributed by atoms with van der Waals surface area (Å²) in [5.74, 6) is 0.529. The Hall–Kier alpha value is -1.10. The average Bonchev–Trinajstić information content (AvgIpc) is 2.73. The summed E-state index contributed by atoms with van der Waals surface area (Å²) in [6, 6.07) is 0. The van der Waals surface area contributed by atoms with Gasteiger partial charge in [0, 0.05) is 19.9 Å². The smallest absolute Gasteiger partial charge is 0.305 e. The van der Waals surface area contributed by atoms with Crippen LogP contribution in [0.3, 0.4) is 0 Å². The van der Waals surface area contributed by atoms with E-state index in [4.69, 9.17) is 9.57 Å². The van der Waals surface area contributed by atoms with E-state index in [9.17, 15) is 9.59 Å². The third-order valence-corrected chi connectivity index (χ3v) is 5.56. The Labute approximate surface area is 179 Å². The topological polar surface area (TPSA) is 55.8 Å². The fourth-order valence-electron chi connectivity index (χ4n) is 3.46. The van der Waals surface area contributed by atoms with Crippen LogP contribution in [-0.4, -0.2) is 37.7 Å². The highest BCUT2D eigenvalue weighted by Gasteiger charge is 2.12. The molecule has 0 fully saturated rings. The number of amides is 1. The molecule has 0 rings (SSSR count). The summed E-state index contributed by atoms with van der Waals surface area (Å²) in [7, 11) is 3.14. The second-order valence-electron chi connectivity index (χ2n) is 8.24. The number of ether oxygens (including phenoxy) is 1. The molecular weight excluding hydrogens is 366 g/mol. The summed E-state index contributed by atoms with van der Waals surface area (Å²) >= 11 is 0. The van der Waals surface area contributed by atoms with E-state index in [1.807, 2.05) is 0 Å². The number of esters is 1. The normalized spacial score (nSPS) is 12.0. The van der Waals surface area contributed by atoms with Gasteiger partial charge in [0.2, 0.25) is 5.91 Å². The monoisotopic (exact) mass is 413 g/mol. The van der Waals surface area contributed by atoms with Crippen LogP contribution < -0.4 is 0 Å². The molecule has 1 amide bonds. The average molecular weight is 414 g/mol. The summed E-state index contributed by atoms with van der Waals surface area (Å²) in [4.78, 5) is 28.5. The molecule has 0 heterocycles. The highest BCUT2D eigenvalue weighted by Crippen LogP contribution is 2.18. The van der Waals surface area contributed by atoms with Gasteiger partial charge in [-0.2, -0.15) is 0 Å². The number of carbonyl (C=O) groups excluding carboxylic acids is 2. The van der Waals surface area contributed by atoms with E-state index in [1.165, 1.54) is 63.5 Å². The van der Waals surface area contributed by atoms with Crippen molar-refractivity contribution in [2.24, 2.45) is 5.92 Å². The van der Waals surface area contributed by atoms with Gasteiger partial charge in [0.25, 0.3) is 0 Å². The molecule has 0 aliphatic carbocycles. The van der Waals surface area contributed by atoms with Crippen LogP contribution in [0.15, 0.2) is 0 Å². The van der Waals surface area contributed by atoms with Gasteiger partial charge in [-0.05, 0) is 31.6 Å². The number of hydrogen-bond acceptors (Lipinski definition) is 4. The highest BCUT2D eigenvalue weighted by molar-refractivity contribution is 5.74. The van der Waals surface area contributed by atoms with Gasteiger partial charge in [-0.3, -0.25) is 14.4 Å². The summed E-state index contributed by atoms with van der Waals surface area (Å²) in [5, 5.41) is 1.28. The highest BCUT2D eigenvalue weighted by atomic mass is 16.7. The van der Waals surface area contributed by atoms with Crippen molar-refractivity contribution in [1.29, 1.82) is 0 Å². The Balaban J connectivity index is 3.70. The van der Waals surface area contributed by atoms with E-state index < -0.39 is 0 Å². The Morgan fingerprint density at radius 1 is 0.759 bits per heavy atom. The standard InChI is InChI=1S/C24H47NO4/c1-5-7-9-14-18-22(17-8-6-2)21-29-24(27)20-16-13-11-10-12-15-19-23(26)25(3)28-4/h22H,5-21H2,1-4H3. The Kier molecular flexibility index (Phi) is 19.4. The molecule has 0 aliphatic heterocycles. The molecule has 0 aromatic carbocycles. The van der Waals surface area contributed by atoms with Crippen LogP contribution in [-0.2, 0) is 19.2 Å². The minimum Gasteiger partial charge on any atom is -0.465 e. The van der Waals surface area contributed by atoms with Crippen molar-refractivity contribution in [3.05, 3.63) is 0 Å². The number of unbranched alkanes of at least 4 members (excludes halogenated alkanes) is 9. The molecule has 1 atom stereocenters. The second kappa shape index (κ2) is 20.2. The van der Waals surface area contributed by atoms with Gasteiger partial charge < -0.3 is 4.74 Å². The fraction of sp³-hybridized carbons (Fsp3) is 0.917. The molecular formula is C24H47NO4. The molecule has 5 nitrogen and oxygen atoms in total. The van der Waals surface area contributed by atoms with Gasteiger partial charge in [0.05, 0.1) is 13.7 Å². The van der Waals surface area contributed by atoms with E-state index in [1.54, 1.807) is 7.05 Å². The molecule has 172 valence electrons. The first-order valence-electron chi connectivity index (χ1n) is 12.0. The number of hydroxylamine groups is 2. The molecule has 0 aromatic rings. The van der Waals surface area contributed by atoms with Crippen molar-refractivity contribution in [1.82, 2.24) is 5.06 Å². The third kappa shape index (κ3) is 17.5. The summed E-state index contributed by atoms with van der Waals surface area (Å²) in [6.07, 6.45) is 17.1. The Morgan fingerprint density at radius 3 is 1.93 bits per heavy atom. The zero-order valence-corrected chi connectivity index (χ0v) is 19.7. The fourth-order valence-corrected chi connectivity index (χ4v) is 3.46. The predicted octanol–water partition coefficient (Wildman–Crippen LogP) is 6.45. The van der Waals surface area contributed by atoms with Crippen molar-refractivity contribution in [3.63, 3.8) is 0 Å². The summed E-state index contributed by atoms with van der Waals surface area (Å²) in [5.41, 5.74) is 0. The van der Waals surface area contributed by atoms with Crippen molar-refractivity contribution < 1.29 is 19.2 Å². The lowest BCUT2D eigenvalue weighted by molar-refractivity contribution is -0.168. The number of hydrogen-bond donors (Lipinski definition) is 0. The first-order chi connectivity index (χ1) is 14.0. The molecule has 0 N–H and O–H groups in total. The zero-order valence-electron chi connectivity index (χ0n) is 19.7. The van der Waals surface area contributed by atoms with Gasteiger partial charge in [-0.15, -0.1) is 0 Å². The van der Waals surface area contributed by atoms with Crippen LogP contribution in [0.5, 0.6) is 0 Å². The van der Waals surface area contributed by atoms with Crippen molar-refractivity contribution in [3.8, 4) is 0 Å². The summed E-state index contributed by atoms with van der Waals surface area (Å²) < 4.78 is 5.57. The van der Waals surface area contributed by atoms with Crippen LogP contribution in [0.4, 0.5) is 0 Å². The molecule has 0 bridgehead atoms. The van der Waals surface area contributed by atoms with Crippen LogP contribution in [0, 0.1) is 5.92 Å². The number of nitrogens with zero attached hydrogens (tertiary/aromatic N) is 1. The van der Waals surface area contributed by atoms with E-state index in [-0.39, 0.29) is 11.9 Å². The molecule has 0 radical (unpaired) electrons. The zero-order chi connectivity index (χ0) is 21.7. The lowest BCUT2D eigenvalue weighted by Gasteiger charge is -2.16. The molecule has 5 heteroatoms. The van der Waals surface area contributed by atoms with Gasteiger partial charge in [-0.25, -0.2) is 5.06 Å². The van der Waals surface area contributed by atoms with Gasteiger partial charge >= 0.3 is 5.97 Å². The van der Waals surface area contributed by atoms with Crippen molar-refractivity contribution >= 4 is 11.9 Å². The molecule has 0 spiro atoms. The Morgan fingerprint density at radius 2 is 1.31 bits per heavy atom. The minimum absolute atomic E-state index is 0.0258. The maximum absolute atomic E-state index is 12.0. The molecule has 0 aliphatic rings. The number of rotatable bonds is 20. The lowest BCUT2D eigenvalue weighted by Crippen LogP contribution is -2.24. The van der Waals surface area contributed by atoms with Crippen molar-refractivity contribution in [2.75, 3.05) is 20.8 Å². The van der Waals surface area contributed by atoms with E-state index in [0.717, 1.165) is 38.5 Å². The first-order valence-corrected chi connectivity index (χ1v) is 12.0. The van der Waals surface area contributed by atoms with Gasteiger partial charge in [-0.1, -0.05) is 78.1 Å². The maximum atomic E-state index is 12.0. The van der Waals surface area contributed by atoms with Crippen molar-refractivity contribution in [2.45, 2.75) is 117 Å². The van der Waals surface area contributed by atoms with E-state index in [0.29, 0.717) is 25.4 Å². The second-order valence-corrected chi connectivity index (χ2v) is 8.24.